The van der Waals surface area contributed by atoms with Gasteiger partial charge in [-0.1, -0.05) is 17.3 Å². The monoisotopic (exact) mass is 290 g/mol. The molecule has 1 aromatic rings. The van der Waals surface area contributed by atoms with Crippen molar-refractivity contribution in [2.45, 2.75) is 26.8 Å². The molecule has 0 aromatic carbocycles. The van der Waals surface area contributed by atoms with Crippen molar-refractivity contribution in [1.82, 2.24) is 10.5 Å². The number of rotatable bonds is 4. The molecule has 1 fully saturated rings. The lowest BCUT2D eigenvalue weighted by Gasteiger charge is -2.23. The van der Waals surface area contributed by atoms with Crippen LogP contribution < -0.4 is 5.32 Å². The number of aryl methyl sites for hydroxylation is 2. The lowest BCUT2D eigenvalue weighted by molar-refractivity contribution is -0.147. The number of carbonyl (C=O) groups excluding carboxylic acids is 1. The van der Waals surface area contributed by atoms with Crippen molar-refractivity contribution in [2.75, 3.05) is 0 Å². The van der Waals surface area contributed by atoms with Gasteiger partial charge in [0, 0.05) is 12.1 Å². The Bertz CT molecular complexity index is 600. The molecule has 3 rings (SSSR count). The van der Waals surface area contributed by atoms with E-state index in [-0.39, 0.29) is 17.7 Å². The Kier molecular flexibility index (Phi) is 3.31. The number of aromatic nitrogens is 1. The Morgan fingerprint density at radius 1 is 1.33 bits per heavy atom. The Labute approximate surface area is 122 Å². The van der Waals surface area contributed by atoms with Crippen molar-refractivity contribution < 1.29 is 19.2 Å². The fraction of sp³-hybridized carbons (Fsp3) is 0.533. The van der Waals surface area contributed by atoms with Gasteiger partial charge in [-0.05, 0) is 32.1 Å². The van der Waals surface area contributed by atoms with E-state index in [4.69, 9.17) is 4.52 Å². The zero-order chi connectivity index (χ0) is 15.1. The SMILES string of the molecule is Cc1noc(C)c1CNC(=O)[C@H]1C2C=CC(C2)[C@H]1C(=O)O. The molecule has 2 unspecified atom stereocenters. The number of fused-ring (bicyclic) bond motifs is 2. The summed E-state index contributed by atoms with van der Waals surface area (Å²) in [6, 6.07) is 0. The first-order valence-corrected chi connectivity index (χ1v) is 7.09. The summed E-state index contributed by atoms with van der Waals surface area (Å²) < 4.78 is 5.06. The zero-order valence-corrected chi connectivity index (χ0v) is 12.0. The van der Waals surface area contributed by atoms with Gasteiger partial charge in [0.15, 0.2) is 0 Å². The van der Waals surface area contributed by atoms with Gasteiger partial charge < -0.3 is 14.9 Å². The first-order chi connectivity index (χ1) is 9.99. The van der Waals surface area contributed by atoms with Gasteiger partial charge in [0.2, 0.25) is 5.91 Å². The highest BCUT2D eigenvalue weighted by molar-refractivity contribution is 5.86. The van der Waals surface area contributed by atoms with Crippen LogP contribution in [0.4, 0.5) is 0 Å². The van der Waals surface area contributed by atoms with Gasteiger partial charge in [0.25, 0.3) is 0 Å². The van der Waals surface area contributed by atoms with E-state index in [2.05, 4.69) is 10.5 Å². The van der Waals surface area contributed by atoms with Crippen molar-refractivity contribution >= 4 is 11.9 Å². The molecule has 4 atom stereocenters. The first-order valence-electron chi connectivity index (χ1n) is 7.09. The van der Waals surface area contributed by atoms with E-state index in [0.29, 0.717) is 12.3 Å². The molecule has 2 N–H and O–H groups in total. The maximum absolute atomic E-state index is 12.4. The third-order valence-corrected chi connectivity index (χ3v) is 4.67. The summed E-state index contributed by atoms with van der Waals surface area (Å²) in [7, 11) is 0. The minimum absolute atomic E-state index is 0.0117. The highest BCUT2D eigenvalue weighted by Gasteiger charge is 2.51. The number of carbonyl (C=O) groups is 2. The summed E-state index contributed by atoms with van der Waals surface area (Å²) in [5.74, 6) is -1.45. The lowest BCUT2D eigenvalue weighted by atomic mass is 9.82. The lowest BCUT2D eigenvalue weighted by Crippen LogP contribution is -2.40. The number of aliphatic carboxylic acids is 1. The summed E-state index contributed by atoms with van der Waals surface area (Å²) in [6.45, 7) is 3.93. The van der Waals surface area contributed by atoms with Crippen LogP contribution in [0.3, 0.4) is 0 Å². The van der Waals surface area contributed by atoms with E-state index >= 15 is 0 Å². The second-order valence-electron chi connectivity index (χ2n) is 5.86. The van der Waals surface area contributed by atoms with Crippen LogP contribution in [0.5, 0.6) is 0 Å². The number of carboxylic acids is 1. The van der Waals surface area contributed by atoms with Crippen LogP contribution in [0.15, 0.2) is 16.7 Å². The van der Waals surface area contributed by atoms with Crippen LogP contribution in [0, 0.1) is 37.5 Å². The van der Waals surface area contributed by atoms with Gasteiger partial charge in [0.1, 0.15) is 5.76 Å². The van der Waals surface area contributed by atoms with Gasteiger partial charge in [0.05, 0.1) is 17.5 Å². The Balaban J connectivity index is 1.71. The average molecular weight is 290 g/mol. The molecule has 1 aromatic heterocycles. The summed E-state index contributed by atoms with van der Waals surface area (Å²) in [5, 5.41) is 16.0. The van der Waals surface area contributed by atoms with Crippen molar-refractivity contribution in [1.29, 1.82) is 0 Å². The molecule has 1 heterocycles. The molecule has 0 spiro atoms. The van der Waals surface area contributed by atoms with Gasteiger partial charge in [-0.25, -0.2) is 0 Å². The minimum Gasteiger partial charge on any atom is -0.481 e. The molecule has 2 bridgehead atoms. The normalized spacial score (nSPS) is 29.8. The number of hydrogen-bond acceptors (Lipinski definition) is 4. The molecule has 112 valence electrons. The van der Waals surface area contributed by atoms with Crippen molar-refractivity contribution in [3.8, 4) is 0 Å². The number of nitrogens with zero attached hydrogens (tertiary/aromatic N) is 1. The first kappa shape index (κ1) is 13.9. The largest absolute Gasteiger partial charge is 0.481 e. The number of nitrogens with one attached hydrogen (secondary N) is 1. The van der Waals surface area contributed by atoms with Gasteiger partial charge >= 0.3 is 5.97 Å². The fourth-order valence-corrected chi connectivity index (χ4v) is 3.56. The van der Waals surface area contributed by atoms with Gasteiger partial charge in [-0.2, -0.15) is 0 Å². The summed E-state index contributed by atoms with van der Waals surface area (Å²) in [4.78, 5) is 23.8. The van der Waals surface area contributed by atoms with Crippen LogP contribution in [-0.4, -0.2) is 22.1 Å². The van der Waals surface area contributed by atoms with E-state index in [1.54, 1.807) is 6.92 Å². The Hall–Kier alpha value is -2.11. The average Bonchev–Trinajstić information content (AvgIpc) is 3.12. The number of hydrogen-bond donors (Lipinski definition) is 2. The molecule has 1 amide bonds. The summed E-state index contributed by atoms with van der Waals surface area (Å²) >= 11 is 0. The van der Waals surface area contributed by atoms with Gasteiger partial charge in [-0.15, -0.1) is 0 Å². The smallest absolute Gasteiger partial charge is 0.307 e. The Morgan fingerprint density at radius 3 is 2.57 bits per heavy atom. The quantitative estimate of drug-likeness (QED) is 0.818. The molecular weight excluding hydrogens is 272 g/mol. The third-order valence-electron chi connectivity index (χ3n) is 4.67. The van der Waals surface area contributed by atoms with Crippen LogP contribution in [0.1, 0.15) is 23.4 Å². The Morgan fingerprint density at radius 2 is 2.00 bits per heavy atom. The predicted molar refractivity (Wildman–Crippen MR) is 73.2 cm³/mol. The van der Waals surface area contributed by atoms with Crippen LogP contribution in [0.2, 0.25) is 0 Å². The molecule has 2 aliphatic carbocycles. The second kappa shape index (κ2) is 5.02. The standard InChI is InChI=1S/C15H18N2O4/c1-7-11(8(2)21-17-7)6-16-14(18)12-9-3-4-10(5-9)13(12)15(19)20/h3-4,9-10,12-13H,5-6H2,1-2H3,(H,16,18)(H,19,20)/t9?,10?,12-,13+/m0/s1. The number of allylic oxidation sites excluding steroid dienone is 2. The predicted octanol–water partition coefficient (Wildman–Crippen LogP) is 1.43. The third kappa shape index (κ3) is 2.24. The van der Waals surface area contributed by atoms with Crippen LogP contribution in [-0.2, 0) is 16.1 Å². The van der Waals surface area contributed by atoms with Crippen molar-refractivity contribution in [3.63, 3.8) is 0 Å². The summed E-state index contributed by atoms with van der Waals surface area (Å²) in [6.07, 6.45) is 4.67. The second-order valence-corrected chi connectivity index (χ2v) is 5.86. The van der Waals surface area contributed by atoms with Crippen molar-refractivity contribution in [3.05, 3.63) is 29.2 Å². The highest BCUT2D eigenvalue weighted by atomic mass is 16.5. The van der Waals surface area contributed by atoms with Gasteiger partial charge in [-0.3, -0.25) is 9.59 Å². The minimum atomic E-state index is -0.885. The van der Waals surface area contributed by atoms with Crippen LogP contribution in [0.25, 0.3) is 0 Å². The molecule has 6 heteroatoms. The molecule has 0 radical (unpaired) electrons. The number of amides is 1. The zero-order valence-electron chi connectivity index (χ0n) is 12.0. The molecular formula is C15H18N2O4. The number of carboxylic acid groups (broad SMARTS) is 1. The molecule has 6 nitrogen and oxygen atoms in total. The van der Waals surface area contributed by atoms with E-state index < -0.39 is 17.8 Å². The van der Waals surface area contributed by atoms with E-state index in [0.717, 1.165) is 17.7 Å². The fourth-order valence-electron chi connectivity index (χ4n) is 3.56. The van der Waals surface area contributed by atoms with E-state index in [1.165, 1.54) is 0 Å². The topological polar surface area (TPSA) is 92.4 Å². The maximum atomic E-state index is 12.4. The molecule has 2 aliphatic rings. The summed E-state index contributed by atoms with van der Waals surface area (Å²) in [5.41, 5.74) is 1.60. The maximum Gasteiger partial charge on any atom is 0.307 e. The molecule has 21 heavy (non-hydrogen) atoms. The van der Waals surface area contributed by atoms with E-state index in [9.17, 15) is 14.7 Å². The van der Waals surface area contributed by atoms with Crippen molar-refractivity contribution in [2.24, 2.45) is 23.7 Å². The molecule has 1 saturated carbocycles. The molecule has 0 saturated heterocycles. The van der Waals surface area contributed by atoms with Crippen LogP contribution >= 0.6 is 0 Å². The highest BCUT2D eigenvalue weighted by Crippen LogP contribution is 2.48. The van der Waals surface area contributed by atoms with E-state index in [1.807, 2.05) is 19.1 Å². The molecule has 0 aliphatic heterocycles.